The summed E-state index contributed by atoms with van der Waals surface area (Å²) in [6.45, 7) is 0. The summed E-state index contributed by atoms with van der Waals surface area (Å²) in [5.74, 6) is -0.399. The van der Waals surface area contributed by atoms with Gasteiger partial charge in [-0.3, -0.25) is 10.0 Å². The van der Waals surface area contributed by atoms with Gasteiger partial charge in [-0.25, -0.2) is 9.87 Å². The Balaban J connectivity index is 2.20. The highest BCUT2D eigenvalue weighted by atomic mass is 19.1. The van der Waals surface area contributed by atoms with Crippen LogP contribution in [0.4, 0.5) is 4.39 Å². The zero-order chi connectivity index (χ0) is 10.8. The number of nitrogens with one attached hydrogen (secondary N) is 1. The van der Waals surface area contributed by atoms with Crippen LogP contribution in [0.2, 0.25) is 0 Å². The number of ether oxygens (including phenoxy) is 1. The number of rotatable bonds is 1. The fraction of sp³-hybridized carbons (Fsp3) is 0.300. The minimum Gasteiger partial charge on any atom is -0.480 e. The molecule has 1 heterocycles. The van der Waals surface area contributed by atoms with Crippen LogP contribution in [0.5, 0.6) is 5.75 Å². The normalized spacial score (nSPS) is 18.9. The number of aryl methyl sites for hydroxylation is 1. The molecule has 5 heteroatoms. The third-order valence-corrected chi connectivity index (χ3v) is 2.37. The first-order chi connectivity index (χ1) is 7.20. The highest BCUT2D eigenvalue weighted by Gasteiger charge is 2.25. The van der Waals surface area contributed by atoms with E-state index in [0.29, 0.717) is 18.6 Å². The second kappa shape index (κ2) is 3.86. The van der Waals surface area contributed by atoms with Crippen LogP contribution in [0.3, 0.4) is 0 Å². The third kappa shape index (κ3) is 1.92. The summed E-state index contributed by atoms with van der Waals surface area (Å²) in [6, 6.07) is 4.15. The van der Waals surface area contributed by atoms with E-state index in [-0.39, 0.29) is 5.82 Å². The van der Waals surface area contributed by atoms with E-state index < -0.39 is 12.0 Å². The summed E-state index contributed by atoms with van der Waals surface area (Å²) in [5.41, 5.74) is 2.29. The SMILES string of the molecule is O=C(NO)[C@@H]1CCc2cc(F)ccc2O1. The van der Waals surface area contributed by atoms with Gasteiger partial charge in [0.15, 0.2) is 6.10 Å². The number of hydrogen-bond donors (Lipinski definition) is 2. The molecule has 0 saturated heterocycles. The summed E-state index contributed by atoms with van der Waals surface area (Å²) in [5, 5.41) is 8.44. The number of hydrogen-bond acceptors (Lipinski definition) is 3. The van der Waals surface area contributed by atoms with Crippen LogP contribution in [-0.4, -0.2) is 17.2 Å². The van der Waals surface area contributed by atoms with Crippen molar-refractivity contribution in [2.24, 2.45) is 0 Å². The molecule has 1 amide bonds. The van der Waals surface area contributed by atoms with Crippen molar-refractivity contribution in [1.82, 2.24) is 5.48 Å². The predicted molar refractivity (Wildman–Crippen MR) is 49.1 cm³/mol. The lowest BCUT2D eigenvalue weighted by atomic mass is 10.0. The molecular formula is C10H10FNO3. The molecule has 2 N–H and O–H groups in total. The number of hydroxylamine groups is 1. The van der Waals surface area contributed by atoms with Crippen LogP contribution >= 0.6 is 0 Å². The smallest absolute Gasteiger partial charge is 0.284 e. The number of carbonyl (C=O) groups is 1. The van der Waals surface area contributed by atoms with Crippen molar-refractivity contribution in [3.05, 3.63) is 29.6 Å². The molecule has 0 aromatic heterocycles. The zero-order valence-corrected chi connectivity index (χ0v) is 7.87. The molecule has 0 unspecified atom stereocenters. The van der Waals surface area contributed by atoms with Crippen LogP contribution in [0.1, 0.15) is 12.0 Å². The first-order valence-electron chi connectivity index (χ1n) is 4.60. The van der Waals surface area contributed by atoms with E-state index in [1.165, 1.54) is 23.7 Å². The molecule has 0 fully saturated rings. The minimum atomic E-state index is -0.701. The maximum atomic E-state index is 12.8. The lowest BCUT2D eigenvalue weighted by molar-refractivity contribution is -0.137. The summed E-state index contributed by atoms with van der Waals surface area (Å²) >= 11 is 0. The Morgan fingerprint density at radius 1 is 1.60 bits per heavy atom. The van der Waals surface area contributed by atoms with Crippen LogP contribution < -0.4 is 10.2 Å². The second-order valence-electron chi connectivity index (χ2n) is 3.37. The number of benzene rings is 1. The number of halogens is 1. The zero-order valence-electron chi connectivity index (χ0n) is 7.87. The van der Waals surface area contributed by atoms with Crippen LogP contribution in [0.25, 0.3) is 0 Å². The van der Waals surface area contributed by atoms with Gasteiger partial charge in [0.25, 0.3) is 5.91 Å². The van der Waals surface area contributed by atoms with E-state index in [4.69, 9.17) is 9.94 Å². The Hall–Kier alpha value is -1.62. The van der Waals surface area contributed by atoms with Crippen LogP contribution in [0, 0.1) is 5.82 Å². The predicted octanol–water partition coefficient (Wildman–Crippen LogP) is 1.02. The second-order valence-corrected chi connectivity index (χ2v) is 3.37. The Morgan fingerprint density at radius 3 is 3.13 bits per heavy atom. The summed E-state index contributed by atoms with van der Waals surface area (Å²) in [6.07, 6.45) is 0.293. The van der Waals surface area contributed by atoms with E-state index in [1.54, 1.807) is 0 Å². The van der Waals surface area contributed by atoms with Gasteiger partial charge in [-0.2, -0.15) is 0 Å². The fourth-order valence-electron chi connectivity index (χ4n) is 1.61. The Labute approximate surface area is 85.6 Å². The summed E-state index contributed by atoms with van der Waals surface area (Å²) < 4.78 is 18.1. The molecule has 80 valence electrons. The maximum absolute atomic E-state index is 12.8. The van der Waals surface area contributed by atoms with Gasteiger partial charge in [-0.15, -0.1) is 0 Å². The molecule has 0 saturated carbocycles. The molecule has 0 bridgehead atoms. The molecule has 1 aliphatic heterocycles. The molecule has 1 aliphatic rings. The van der Waals surface area contributed by atoms with Crippen molar-refractivity contribution in [2.75, 3.05) is 0 Å². The lowest BCUT2D eigenvalue weighted by Crippen LogP contribution is -2.38. The highest BCUT2D eigenvalue weighted by Crippen LogP contribution is 2.28. The van der Waals surface area contributed by atoms with Crippen molar-refractivity contribution in [3.63, 3.8) is 0 Å². The summed E-state index contributed by atoms with van der Waals surface area (Å²) in [7, 11) is 0. The van der Waals surface area contributed by atoms with E-state index in [1.807, 2.05) is 0 Å². The number of fused-ring (bicyclic) bond motifs is 1. The highest BCUT2D eigenvalue weighted by molar-refractivity contribution is 5.80. The van der Waals surface area contributed by atoms with Gasteiger partial charge in [0.1, 0.15) is 11.6 Å². The monoisotopic (exact) mass is 211 g/mol. The number of amides is 1. The quantitative estimate of drug-likeness (QED) is 0.538. The standard InChI is InChI=1S/C10H10FNO3/c11-7-2-4-8-6(5-7)1-3-9(15-8)10(13)12-14/h2,4-5,9,14H,1,3H2,(H,12,13)/t9-/m0/s1. The maximum Gasteiger partial charge on any atom is 0.284 e. The molecule has 2 rings (SSSR count). The molecule has 4 nitrogen and oxygen atoms in total. The Kier molecular flexibility index (Phi) is 2.55. The fourth-order valence-corrected chi connectivity index (χ4v) is 1.61. The minimum absolute atomic E-state index is 0.317. The first-order valence-corrected chi connectivity index (χ1v) is 4.60. The molecule has 0 radical (unpaired) electrons. The van der Waals surface area contributed by atoms with Crippen LogP contribution in [-0.2, 0) is 11.2 Å². The van der Waals surface area contributed by atoms with Gasteiger partial charge < -0.3 is 4.74 Å². The van der Waals surface area contributed by atoms with Gasteiger partial charge in [0, 0.05) is 0 Å². The van der Waals surface area contributed by atoms with Gasteiger partial charge in [0.05, 0.1) is 0 Å². The van der Waals surface area contributed by atoms with Gasteiger partial charge in [0.2, 0.25) is 0 Å². The molecular weight excluding hydrogens is 201 g/mol. The van der Waals surface area contributed by atoms with E-state index in [2.05, 4.69) is 0 Å². The Bertz CT molecular complexity index is 394. The summed E-state index contributed by atoms with van der Waals surface area (Å²) in [4.78, 5) is 11.1. The molecule has 0 spiro atoms. The van der Waals surface area contributed by atoms with E-state index in [0.717, 1.165) is 5.56 Å². The average molecular weight is 211 g/mol. The number of carbonyl (C=O) groups excluding carboxylic acids is 1. The van der Waals surface area contributed by atoms with Crippen LogP contribution in [0.15, 0.2) is 18.2 Å². The molecule has 0 aliphatic carbocycles. The van der Waals surface area contributed by atoms with Gasteiger partial charge >= 0.3 is 0 Å². The molecule has 1 aromatic carbocycles. The molecule has 1 aromatic rings. The van der Waals surface area contributed by atoms with Crippen molar-refractivity contribution in [3.8, 4) is 5.75 Å². The molecule has 15 heavy (non-hydrogen) atoms. The van der Waals surface area contributed by atoms with Crippen molar-refractivity contribution in [2.45, 2.75) is 18.9 Å². The van der Waals surface area contributed by atoms with Gasteiger partial charge in [-0.1, -0.05) is 0 Å². The van der Waals surface area contributed by atoms with Crippen molar-refractivity contribution >= 4 is 5.91 Å². The van der Waals surface area contributed by atoms with Gasteiger partial charge in [-0.05, 0) is 36.6 Å². The largest absolute Gasteiger partial charge is 0.480 e. The third-order valence-electron chi connectivity index (χ3n) is 2.37. The van der Waals surface area contributed by atoms with E-state index >= 15 is 0 Å². The average Bonchev–Trinajstić information content (AvgIpc) is 2.27. The molecule has 1 atom stereocenters. The Morgan fingerprint density at radius 2 is 2.40 bits per heavy atom. The first kappa shape index (κ1) is 9.92. The van der Waals surface area contributed by atoms with Crippen molar-refractivity contribution in [1.29, 1.82) is 0 Å². The topological polar surface area (TPSA) is 58.6 Å². The lowest BCUT2D eigenvalue weighted by Gasteiger charge is -2.24. The van der Waals surface area contributed by atoms with E-state index in [9.17, 15) is 9.18 Å². The van der Waals surface area contributed by atoms with Crippen molar-refractivity contribution < 1.29 is 19.1 Å².